The maximum absolute atomic E-state index is 13.2. The largest absolute Gasteiger partial charge is 0.506 e. The minimum atomic E-state index is -1.79. The van der Waals surface area contributed by atoms with E-state index in [2.05, 4.69) is 16.5 Å². The molecule has 4 aliphatic rings. The third-order valence-corrected chi connectivity index (χ3v) is 9.45. The minimum absolute atomic E-state index is 0.0158. The van der Waals surface area contributed by atoms with Gasteiger partial charge in [-0.2, -0.15) is 0 Å². The number of aliphatic carboxylic acids is 1. The van der Waals surface area contributed by atoms with Gasteiger partial charge in [0, 0.05) is 57.4 Å². The van der Waals surface area contributed by atoms with Crippen molar-refractivity contribution >= 4 is 56.6 Å². The Morgan fingerprint density at radius 1 is 1.07 bits per heavy atom. The standard InChI is InChI=1S/C35H36N4O7/c1-7-17-14(3)20-11-21-15(4)19(9-10-26(40)41)31(38-21)29-30(35(45)46-6)33(42)27-16(5)22(39-32(27)29)12-24-18(8-2)28(34(43)44)25(37-24)13-23(17)36-20/h7,11-13,15,19,34,38-39,42-44H,1,8-10H2,2-6H3,(H,40,41)/t15-,19-/m0/s1. The predicted octanol–water partition coefficient (Wildman–Crippen LogP) is 5.76. The van der Waals surface area contributed by atoms with E-state index in [0.29, 0.717) is 68.2 Å². The zero-order valence-electron chi connectivity index (χ0n) is 26.3. The first-order valence-corrected chi connectivity index (χ1v) is 15.2. The van der Waals surface area contributed by atoms with Gasteiger partial charge in [-0.25, -0.2) is 14.8 Å². The molecule has 2 atom stereocenters. The van der Waals surface area contributed by atoms with Gasteiger partial charge in [0.05, 0.1) is 35.4 Å². The molecule has 0 spiro atoms. The van der Waals surface area contributed by atoms with E-state index in [-0.39, 0.29) is 41.6 Å². The summed E-state index contributed by atoms with van der Waals surface area (Å²) in [5.74, 6) is -2.47. The van der Waals surface area contributed by atoms with Gasteiger partial charge in [-0.15, -0.1) is 0 Å². The second kappa shape index (κ2) is 11.4. The topological polar surface area (TPSA) is 182 Å². The highest BCUT2D eigenvalue weighted by molar-refractivity contribution is 6.30. The monoisotopic (exact) mass is 624 g/mol. The summed E-state index contributed by atoms with van der Waals surface area (Å²) in [7, 11) is 1.24. The van der Waals surface area contributed by atoms with E-state index >= 15 is 0 Å². The summed E-state index contributed by atoms with van der Waals surface area (Å²) in [5.41, 5.74) is 8.51. The van der Waals surface area contributed by atoms with Gasteiger partial charge >= 0.3 is 11.9 Å². The maximum Gasteiger partial charge on any atom is 0.342 e. The van der Waals surface area contributed by atoms with Crippen LogP contribution in [0.3, 0.4) is 0 Å². The van der Waals surface area contributed by atoms with E-state index in [0.717, 1.165) is 16.8 Å². The molecule has 3 aliphatic heterocycles. The Morgan fingerprint density at radius 2 is 1.78 bits per heavy atom. The fourth-order valence-electron chi connectivity index (χ4n) is 7.06. The lowest BCUT2D eigenvalue weighted by molar-refractivity contribution is -0.137. The number of carboxylic acids is 1. The predicted molar refractivity (Wildman–Crippen MR) is 175 cm³/mol. The molecule has 0 saturated carbocycles. The van der Waals surface area contributed by atoms with Crippen LogP contribution in [0.5, 0.6) is 0 Å². The van der Waals surface area contributed by atoms with Crippen molar-refractivity contribution in [1.29, 1.82) is 0 Å². The van der Waals surface area contributed by atoms with Gasteiger partial charge in [-0.05, 0) is 61.6 Å². The molecule has 0 saturated heterocycles. The summed E-state index contributed by atoms with van der Waals surface area (Å²) in [6, 6.07) is 5.42. The highest BCUT2D eigenvalue weighted by Crippen LogP contribution is 2.49. The normalized spacial score (nSPS) is 18.1. The molecule has 2 aromatic heterocycles. The van der Waals surface area contributed by atoms with Crippen molar-refractivity contribution in [2.75, 3.05) is 7.11 Å². The highest BCUT2D eigenvalue weighted by atomic mass is 16.5. The number of aromatic nitrogens is 4. The minimum Gasteiger partial charge on any atom is -0.506 e. The summed E-state index contributed by atoms with van der Waals surface area (Å²) in [6.07, 6.45) is 0.547. The molecule has 1 aliphatic carbocycles. The molecule has 6 N–H and O–H groups in total. The van der Waals surface area contributed by atoms with Crippen molar-refractivity contribution in [2.24, 2.45) is 0 Å². The average Bonchev–Trinajstić information content (AvgIpc) is 3.76. The Kier molecular flexibility index (Phi) is 7.69. The Bertz CT molecular complexity index is 2020. The van der Waals surface area contributed by atoms with Gasteiger partial charge in [-0.3, -0.25) is 4.79 Å². The number of rotatable bonds is 7. The zero-order valence-corrected chi connectivity index (χ0v) is 26.3. The fourth-order valence-corrected chi connectivity index (χ4v) is 7.06. The first kappa shape index (κ1) is 31.0. The molecule has 0 aromatic carbocycles. The van der Waals surface area contributed by atoms with Gasteiger partial charge < -0.3 is 35.1 Å². The number of nitrogens with one attached hydrogen (secondary N) is 2. The van der Waals surface area contributed by atoms with Crippen LogP contribution in [-0.2, 0) is 14.3 Å². The van der Waals surface area contributed by atoms with Crippen molar-refractivity contribution in [3.63, 3.8) is 0 Å². The number of methoxy groups -OCH3 is 1. The van der Waals surface area contributed by atoms with E-state index in [4.69, 9.17) is 14.7 Å². The first-order valence-electron chi connectivity index (χ1n) is 15.2. The van der Waals surface area contributed by atoms with Crippen LogP contribution in [0.1, 0.15) is 103 Å². The molecule has 0 amide bonds. The number of hydrogen-bond acceptors (Lipinski definition) is 8. The zero-order chi connectivity index (χ0) is 33.2. The average molecular weight is 625 g/mol. The number of aromatic amines is 2. The summed E-state index contributed by atoms with van der Waals surface area (Å²) in [6.45, 7) is 11.6. The van der Waals surface area contributed by atoms with Crippen LogP contribution in [0.25, 0.3) is 44.7 Å². The number of esters is 1. The molecule has 11 nitrogen and oxygen atoms in total. The van der Waals surface area contributed by atoms with Crippen LogP contribution in [0.2, 0.25) is 0 Å². The molecule has 6 rings (SSSR count). The lowest BCUT2D eigenvalue weighted by atomic mass is 9.85. The molecule has 11 heteroatoms. The molecule has 0 unspecified atom stereocenters. The lowest BCUT2D eigenvalue weighted by Gasteiger charge is -2.17. The van der Waals surface area contributed by atoms with E-state index in [1.807, 2.05) is 33.8 Å². The van der Waals surface area contributed by atoms with Crippen LogP contribution >= 0.6 is 0 Å². The number of aliphatic hydroxyl groups is 3. The number of H-pyrrole nitrogens is 2. The number of aryl methyl sites for hydroxylation is 1. The van der Waals surface area contributed by atoms with Crippen LogP contribution in [-0.4, -0.2) is 65.7 Å². The van der Waals surface area contributed by atoms with Gasteiger partial charge in [0.2, 0.25) is 0 Å². The van der Waals surface area contributed by atoms with Crippen molar-refractivity contribution in [3.8, 4) is 0 Å². The number of aliphatic hydroxyl groups excluding tert-OH is 2. The Balaban J connectivity index is 1.82. The molecular formula is C35H36N4O7. The summed E-state index contributed by atoms with van der Waals surface area (Å²) in [4.78, 5) is 41.6. The molecule has 5 heterocycles. The van der Waals surface area contributed by atoms with E-state index in [1.165, 1.54) is 7.11 Å². The second-order valence-electron chi connectivity index (χ2n) is 11.9. The quantitative estimate of drug-likeness (QED) is 0.165. The number of fused-ring (bicyclic) bond motifs is 8. The van der Waals surface area contributed by atoms with Crippen molar-refractivity contribution in [1.82, 2.24) is 19.9 Å². The number of ether oxygens (including phenoxy) is 1. The van der Waals surface area contributed by atoms with Crippen molar-refractivity contribution in [2.45, 2.75) is 65.1 Å². The Hall–Kier alpha value is -5.00. The van der Waals surface area contributed by atoms with Gasteiger partial charge in [0.25, 0.3) is 0 Å². The molecule has 0 radical (unpaired) electrons. The molecule has 2 aromatic rings. The number of nitrogens with zero attached hydrogens (tertiary/aromatic N) is 2. The number of carbonyl (C=O) groups is 2. The van der Waals surface area contributed by atoms with E-state index in [9.17, 15) is 30.0 Å². The van der Waals surface area contributed by atoms with Crippen LogP contribution in [0.15, 0.2) is 30.9 Å². The SMILES string of the molecule is C=CC1=C(C)c2cc3[nH]c(c4c5[nH]c(cc6nc(cc1n2)C(C(O)O)=C6CC)c(C)c5C(O)=C4C(=O)OC)[C@@H](CCC(=O)O)[C@@H]3C. The Morgan fingerprint density at radius 3 is 2.41 bits per heavy atom. The summed E-state index contributed by atoms with van der Waals surface area (Å²) < 4.78 is 5.12. The molecule has 8 bridgehead atoms. The van der Waals surface area contributed by atoms with E-state index in [1.54, 1.807) is 18.2 Å². The fraction of sp³-hybridized carbons (Fsp3) is 0.314. The Labute approximate surface area is 265 Å². The smallest absolute Gasteiger partial charge is 0.342 e. The molecular weight excluding hydrogens is 588 g/mol. The summed E-state index contributed by atoms with van der Waals surface area (Å²) in [5, 5.41) is 42.1. The maximum atomic E-state index is 13.2. The molecule has 46 heavy (non-hydrogen) atoms. The summed E-state index contributed by atoms with van der Waals surface area (Å²) >= 11 is 0. The third-order valence-electron chi connectivity index (χ3n) is 9.45. The number of carbonyl (C=O) groups excluding carboxylic acids is 1. The van der Waals surface area contributed by atoms with Gasteiger partial charge in [0.15, 0.2) is 6.29 Å². The first-order chi connectivity index (χ1) is 21.9. The van der Waals surface area contributed by atoms with Gasteiger partial charge in [-0.1, -0.05) is 26.5 Å². The van der Waals surface area contributed by atoms with Gasteiger partial charge in [0.1, 0.15) is 11.3 Å². The second-order valence-corrected chi connectivity index (χ2v) is 11.9. The third kappa shape index (κ3) is 4.65. The van der Waals surface area contributed by atoms with Crippen LogP contribution < -0.4 is 0 Å². The molecule has 0 fully saturated rings. The number of hydrogen-bond donors (Lipinski definition) is 6. The number of allylic oxidation sites excluding steroid dienone is 4. The van der Waals surface area contributed by atoms with Crippen molar-refractivity contribution < 1.29 is 34.8 Å². The van der Waals surface area contributed by atoms with Crippen LogP contribution in [0.4, 0.5) is 0 Å². The van der Waals surface area contributed by atoms with Crippen LogP contribution in [0, 0.1) is 6.92 Å². The van der Waals surface area contributed by atoms with E-state index < -0.39 is 18.2 Å². The molecule has 238 valence electrons. The lowest BCUT2D eigenvalue weighted by Crippen LogP contribution is -2.10. The van der Waals surface area contributed by atoms with Crippen molar-refractivity contribution in [3.05, 3.63) is 81.7 Å². The number of carboxylic acid groups (broad SMARTS) is 1. The highest BCUT2D eigenvalue weighted by Gasteiger charge is 2.39.